The topological polar surface area (TPSA) is 87.2 Å². The van der Waals surface area contributed by atoms with Crippen LogP contribution >= 0.6 is 0 Å². The summed E-state index contributed by atoms with van der Waals surface area (Å²) < 4.78 is 19.2. The molecule has 33 heavy (non-hydrogen) atoms. The first-order valence-corrected chi connectivity index (χ1v) is 12.2. The average Bonchev–Trinajstić information content (AvgIpc) is 3.30. The number of likely N-dealkylation sites (tertiary alicyclic amines) is 1. The Morgan fingerprint density at radius 3 is 2.30 bits per heavy atom. The van der Waals surface area contributed by atoms with Crippen molar-refractivity contribution in [3.05, 3.63) is 24.0 Å². The molecule has 180 valence electrons. The van der Waals surface area contributed by atoms with E-state index in [1.165, 1.54) is 51.7 Å². The highest BCUT2D eigenvalue weighted by Crippen LogP contribution is 2.25. The summed E-state index contributed by atoms with van der Waals surface area (Å²) in [6.07, 6.45) is 7.59. The van der Waals surface area contributed by atoms with Crippen LogP contribution in [0.1, 0.15) is 45.4 Å². The first-order chi connectivity index (χ1) is 16.1. The molecule has 2 fully saturated rings. The summed E-state index contributed by atoms with van der Waals surface area (Å²) in [5.41, 5.74) is 0.554. The predicted octanol–water partition coefficient (Wildman–Crippen LogP) is 4.51. The minimum atomic E-state index is -0.438. The molecular formula is C24H36FN7O. The van der Waals surface area contributed by atoms with Crippen molar-refractivity contribution in [2.24, 2.45) is 11.8 Å². The summed E-state index contributed by atoms with van der Waals surface area (Å²) in [5.74, 6) is 2.44. The van der Waals surface area contributed by atoms with Gasteiger partial charge in [-0.15, -0.1) is 0 Å². The molecular weight excluding hydrogens is 421 g/mol. The Bertz CT molecular complexity index is 906. The lowest BCUT2D eigenvalue weighted by molar-refractivity contribution is 0.345. The van der Waals surface area contributed by atoms with Crippen molar-refractivity contribution in [2.45, 2.75) is 45.4 Å². The van der Waals surface area contributed by atoms with Crippen LogP contribution in [0.25, 0.3) is 0 Å². The van der Waals surface area contributed by atoms with Crippen molar-refractivity contribution in [3.63, 3.8) is 0 Å². The van der Waals surface area contributed by atoms with E-state index in [1.807, 2.05) is 0 Å². The minimum Gasteiger partial charge on any atom is -0.494 e. The Morgan fingerprint density at radius 1 is 0.970 bits per heavy atom. The zero-order valence-corrected chi connectivity index (χ0v) is 19.7. The average molecular weight is 458 g/mol. The maximum atomic E-state index is 14.1. The first kappa shape index (κ1) is 23.5. The molecule has 0 bridgehead atoms. The molecule has 3 N–H and O–H groups in total. The van der Waals surface area contributed by atoms with Crippen molar-refractivity contribution in [1.29, 1.82) is 0 Å². The van der Waals surface area contributed by atoms with Gasteiger partial charge in [-0.25, -0.2) is 4.39 Å². The van der Waals surface area contributed by atoms with Crippen LogP contribution in [0.2, 0.25) is 0 Å². The molecule has 1 unspecified atom stereocenters. The summed E-state index contributed by atoms with van der Waals surface area (Å²) in [6.45, 7) is 7.20. The van der Waals surface area contributed by atoms with Crippen LogP contribution in [0.4, 0.5) is 27.9 Å². The van der Waals surface area contributed by atoms with Gasteiger partial charge in [-0.2, -0.15) is 15.0 Å². The van der Waals surface area contributed by atoms with Gasteiger partial charge in [-0.3, -0.25) is 0 Å². The Balaban J connectivity index is 1.46. The van der Waals surface area contributed by atoms with E-state index in [0.717, 1.165) is 32.7 Å². The fourth-order valence-electron chi connectivity index (χ4n) is 4.69. The summed E-state index contributed by atoms with van der Waals surface area (Å²) >= 11 is 0. The van der Waals surface area contributed by atoms with Crippen molar-refractivity contribution in [1.82, 2.24) is 19.9 Å². The van der Waals surface area contributed by atoms with E-state index in [4.69, 9.17) is 4.74 Å². The lowest BCUT2D eigenvalue weighted by Gasteiger charge is -2.22. The van der Waals surface area contributed by atoms with E-state index in [9.17, 15) is 4.39 Å². The van der Waals surface area contributed by atoms with E-state index >= 15 is 0 Å². The third-order valence-electron chi connectivity index (χ3n) is 6.68. The number of nitrogens with one attached hydrogen (secondary N) is 3. The number of rotatable bonds is 10. The molecule has 0 spiro atoms. The lowest BCUT2D eigenvalue weighted by Crippen LogP contribution is -2.23. The van der Waals surface area contributed by atoms with E-state index in [1.54, 1.807) is 12.1 Å². The minimum absolute atomic E-state index is 0.200. The Labute approximate surface area is 195 Å². The number of benzene rings is 1. The van der Waals surface area contributed by atoms with Crippen LogP contribution in [-0.4, -0.2) is 59.7 Å². The lowest BCUT2D eigenvalue weighted by atomic mass is 9.89. The molecule has 8 nitrogen and oxygen atoms in total. The smallest absolute Gasteiger partial charge is 0.233 e. The molecule has 2 aliphatic rings. The van der Waals surface area contributed by atoms with Crippen LogP contribution in [-0.2, 0) is 0 Å². The Kier molecular flexibility index (Phi) is 8.15. The quantitative estimate of drug-likeness (QED) is 0.480. The molecule has 4 rings (SSSR count). The van der Waals surface area contributed by atoms with Crippen LogP contribution < -0.4 is 20.7 Å². The fraction of sp³-hybridized carbons (Fsp3) is 0.625. The molecule has 2 aromatic rings. The van der Waals surface area contributed by atoms with Crippen molar-refractivity contribution >= 4 is 23.5 Å². The second-order valence-corrected chi connectivity index (χ2v) is 9.09. The summed E-state index contributed by atoms with van der Waals surface area (Å²) in [7, 11) is 1.45. The zero-order chi connectivity index (χ0) is 23.0. The Hall–Kier alpha value is -2.68. The van der Waals surface area contributed by atoms with E-state index in [-0.39, 0.29) is 5.75 Å². The molecule has 1 atom stereocenters. The highest BCUT2D eigenvalue weighted by molar-refractivity contribution is 5.57. The standard InChI is InChI=1S/C24H36FN7O/c1-3-32-12-11-18(16-32)15-27-23-29-22(26-14-17-7-5-4-6-8-17)30-24(31-23)28-19-9-10-21(33-2)20(25)13-19/h9-10,13,17-18H,3-8,11-12,14-16H2,1-2H3,(H3,26,27,28,29,30,31). The molecule has 1 saturated heterocycles. The van der Waals surface area contributed by atoms with Gasteiger partial charge in [0.15, 0.2) is 11.6 Å². The number of methoxy groups -OCH3 is 1. The number of halogens is 1. The van der Waals surface area contributed by atoms with Gasteiger partial charge in [-0.05, 0) is 56.3 Å². The maximum Gasteiger partial charge on any atom is 0.233 e. The van der Waals surface area contributed by atoms with Crippen molar-refractivity contribution in [2.75, 3.05) is 55.8 Å². The fourth-order valence-corrected chi connectivity index (χ4v) is 4.69. The summed E-state index contributed by atoms with van der Waals surface area (Å²) in [5, 5.41) is 9.93. The zero-order valence-electron chi connectivity index (χ0n) is 19.7. The normalized spacial score (nSPS) is 19.4. The van der Waals surface area contributed by atoms with Crippen LogP contribution in [0, 0.1) is 17.7 Å². The van der Waals surface area contributed by atoms with Gasteiger partial charge in [0.05, 0.1) is 7.11 Å². The molecule has 9 heteroatoms. The molecule has 0 radical (unpaired) electrons. The van der Waals surface area contributed by atoms with Crippen LogP contribution in [0.15, 0.2) is 18.2 Å². The van der Waals surface area contributed by atoms with E-state index in [2.05, 4.69) is 42.7 Å². The number of ether oxygens (including phenoxy) is 1. The Morgan fingerprint density at radius 2 is 1.67 bits per heavy atom. The number of anilines is 4. The molecule has 1 saturated carbocycles. The van der Waals surface area contributed by atoms with Gasteiger partial charge in [0.1, 0.15) is 0 Å². The van der Waals surface area contributed by atoms with Crippen molar-refractivity contribution < 1.29 is 9.13 Å². The molecule has 1 aliphatic heterocycles. The van der Waals surface area contributed by atoms with Gasteiger partial charge >= 0.3 is 0 Å². The number of hydrogen-bond acceptors (Lipinski definition) is 8. The summed E-state index contributed by atoms with van der Waals surface area (Å²) in [4.78, 5) is 16.2. The molecule has 1 aliphatic carbocycles. The van der Waals surface area contributed by atoms with Crippen molar-refractivity contribution in [3.8, 4) is 5.75 Å². The third kappa shape index (κ3) is 6.66. The van der Waals surface area contributed by atoms with E-state index in [0.29, 0.717) is 35.4 Å². The largest absolute Gasteiger partial charge is 0.494 e. The van der Waals surface area contributed by atoms with Gasteiger partial charge in [-0.1, -0.05) is 26.2 Å². The second-order valence-electron chi connectivity index (χ2n) is 9.09. The van der Waals surface area contributed by atoms with Gasteiger partial charge in [0.2, 0.25) is 17.8 Å². The first-order valence-electron chi connectivity index (χ1n) is 12.2. The SMILES string of the molecule is CCN1CCC(CNc2nc(NCC3CCCCC3)nc(Nc3ccc(OC)c(F)c3)n2)C1. The molecule has 1 aromatic carbocycles. The molecule has 0 amide bonds. The van der Waals surface area contributed by atoms with Crippen LogP contribution in [0.3, 0.4) is 0 Å². The third-order valence-corrected chi connectivity index (χ3v) is 6.68. The van der Waals surface area contributed by atoms with Gasteiger partial charge < -0.3 is 25.6 Å². The highest BCUT2D eigenvalue weighted by atomic mass is 19.1. The highest BCUT2D eigenvalue weighted by Gasteiger charge is 2.21. The molecule has 2 heterocycles. The number of hydrogen-bond donors (Lipinski definition) is 3. The second kappa shape index (κ2) is 11.4. The summed E-state index contributed by atoms with van der Waals surface area (Å²) in [6, 6.07) is 4.70. The number of nitrogens with zero attached hydrogens (tertiary/aromatic N) is 4. The maximum absolute atomic E-state index is 14.1. The monoisotopic (exact) mass is 457 g/mol. The molecule has 1 aromatic heterocycles. The van der Waals surface area contributed by atoms with E-state index < -0.39 is 5.82 Å². The predicted molar refractivity (Wildman–Crippen MR) is 130 cm³/mol. The van der Waals surface area contributed by atoms with Crippen LogP contribution in [0.5, 0.6) is 5.75 Å². The number of aromatic nitrogens is 3. The van der Waals surface area contributed by atoms with Gasteiger partial charge in [0, 0.05) is 31.4 Å². The van der Waals surface area contributed by atoms with Gasteiger partial charge in [0.25, 0.3) is 0 Å².